The van der Waals surface area contributed by atoms with Crippen molar-refractivity contribution in [3.8, 4) is 0 Å². The van der Waals surface area contributed by atoms with Gasteiger partial charge >= 0.3 is 6.18 Å². The summed E-state index contributed by atoms with van der Waals surface area (Å²) in [4.78, 5) is 3.54. The Hall–Kier alpha value is -0.330. The van der Waals surface area contributed by atoms with E-state index in [-0.39, 0.29) is 19.0 Å². The van der Waals surface area contributed by atoms with E-state index in [9.17, 15) is 13.2 Å². The van der Waals surface area contributed by atoms with Gasteiger partial charge in [-0.25, -0.2) is 0 Å². The molecular formula is C11H22F3N3. The summed E-state index contributed by atoms with van der Waals surface area (Å²) >= 11 is 0. The van der Waals surface area contributed by atoms with Gasteiger partial charge in [-0.05, 0) is 46.4 Å². The van der Waals surface area contributed by atoms with Gasteiger partial charge in [0.2, 0.25) is 0 Å². The molecular weight excluding hydrogens is 231 g/mol. The lowest BCUT2D eigenvalue weighted by Gasteiger charge is -2.41. The Labute approximate surface area is 101 Å². The molecule has 1 aliphatic rings. The quantitative estimate of drug-likeness (QED) is 0.819. The molecule has 0 spiro atoms. The molecule has 2 atom stereocenters. The normalized spacial score (nSPS) is 25.2. The van der Waals surface area contributed by atoms with Crippen LogP contribution in [0.5, 0.6) is 0 Å². The van der Waals surface area contributed by atoms with Crippen LogP contribution in [0, 0.1) is 0 Å². The van der Waals surface area contributed by atoms with E-state index in [4.69, 9.17) is 5.73 Å². The van der Waals surface area contributed by atoms with Gasteiger partial charge in [0.25, 0.3) is 0 Å². The third-order valence-electron chi connectivity index (χ3n) is 3.42. The summed E-state index contributed by atoms with van der Waals surface area (Å²) in [5.74, 6) is 0. The van der Waals surface area contributed by atoms with E-state index in [1.807, 2.05) is 19.0 Å². The number of likely N-dealkylation sites (tertiary alicyclic amines) is 1. The summed E-state index contributed by atoms with van der Waals surface area (Å²) in [7, 11) is 3.83. The second kappa shape index (κ2) is 6.02. The highest BCUT2D eigenvalue weighted by Crippen LogP contribution is 2.29. The van der Waals surface area contributed by atoms with Crippen LogP contribution in [0.4, 0.5) is 13.2 Å². The predicted molar refractivity (Wildman–Crippen MR) is 61.8 cm³/mol. The zero-order valence-corrected chi connectivity index (χ0v) is 10.5. The number of hydrogen-bond donors (Lipinski definition) is 1. The van der Waals surface area contributed by atoms with Crippen LogP contribution in [-0.2, 0) is 0 Å². The minimum absolute atomic E-state index is 0.0103. The minimum atomic E-state index is -4.17. The molecule has 3 nitrogen and oxygen atoms in total. The highest BCUT2D eigenvalue weighted by Gasteiger charge is 2.44. The van der Waals surface area contributed by atoms with Crippen LogP contribution in [0.15, 0.2) is 0 Å². The van der Waals surface area contributed by atoms with Crippen LogP contribution in [0.2, 0.25) is 0 Å². The van der Waals surface area contributed by atoms with Gasteiger partial charge in [0.05, 0.1) is 0 Å². The van der Waals surface area contributed by atoms with Crippen LogP contribution >= 0.6 is 0 Å². The fourth-order valence-corrected chi connectivity index (χ4v) is 2.40. The molecule has 2 unspecified atom stereocenters. The molecule has 0 aromatic rings. The number of nitrogens with two attached hydrogens (primary N) is 1. The molecule has 6 heteroatoms. The molecule has 0 aromatic heterocycles. The van der Waals surface area contributed by atoms with Gasteiger partial charge in [0.1, 0.15) is 6.04 Å². The second-order valence-electron chi connectivity index (χ2n) is 4.89. The topological polar surface area (TPSA) is 32.5 Å². The van der Waals surface area contributed by atoms with Gasteiger partial charge in [-0.3, -0.25) is 4.90 Å². The first-order valence-electron chi connectivity index (χ1n) is 6.03. The molecule has 17 heavy (non-hydrogen) atoms. The molecule has 2 N–H and O–H groups in total. The van der Waals surface area contributed by atoms with Gasteiger partial charge in [0, 0.05) is 12.6 Å². The number of halogens is 3. The molecule has 1 aliphatic heterocycles. The predicted octanol–water partition coefficient (Wildman–Crippen LogP) is 1.29. The summed E-state index contributed by atoms with van der Waals surface area (Å²) in [6.07, 6.45) is -2.39. The molecule has 1 fully saturated rings. The molecule has 0 amide bonds. The van der Waals surface area contributed by atoms with E-state index in [1.54, 1.807) is 4.90 Å². The van der Waals surface area contributed by atoms with E-state index in [1.165, 1.54) is 0 Å². The first-order chi connectivity index (χ1) is 7.86. The Morgan fingerprint density at radius 3 is 2.53 bits per heavy atom. The lowest BCUT2D eigenvalue weighted by molar-refractivity contribution is -0.189. The van der Waals surface area contributed by atoms with Gasteiger partial charge in [-0.15, -0.1) is 0 Å². The van der Waals surface area contributed by atoms with Gasteiger partial charge in [-0.2, -0.15) is 13.2 Å². The average Bonchev–Trinajstić information content (AvgIpc) is 2.24. The van der Waals surface area contributed by atoms with Crippen molar-refractivity contribution in [3.63, 3.8) is 0 Å². The molecule has 0 aliphatic carbocycles. The lowest BCUT2D eigenvalue weighted by Crippen LogP contribution is -2.54. The van der Waals surface area contributed by atoms with Crippen LogP contribution < -0.4 is 5.73 Å². The van der Waals surface area contributed by atoms with Crippen molar-refractivity contribution in [1.82, 2.24) is 9.80 Å². The van der Waals surface area contributed by atoms with Crippen molar-refractivity contribution in [1.29, 1.82) is 0 Å². The largest absolute Gasteiger partial charge is 0.404 e. The van der Waals surface area contributed by atoms with Gasteiger partial charge in [-0.1, -0.05) is 0 Å². The molecule has 1 rings (SSSR count). The summed E-state index contributed by atoms with van der Waals surface area (Å²) in [6, 6.07) is -1.17. The SMILES string of the molecule is CN(C)C1CCCN(C(CCN)C(F)(F)F)C1. The molecule has 0 bridgehead atoms. The highest BCUT2D eigenvalue weighted by molar-refractivity contribution is 4.86. The number of hydrogen-bond acceptors (Lipinski definition) is 3. The lowest BCUT2D eigenvalue weighted by atomic mass is 10.0. The molecule has 0 saturated carbocycles. The zero-order chi connectivity index (χ0) is 13.1. The average molecular weight is 253 g/mol. The first kappa shape index (κ1) is 14.7. The number of rotatable bonds is 4. The molecule has 0 radical (unpaired) electrons. The van der Waals surface area contributed by atoms with E-state index in [0.717, 1.165) is 12.8 Å². The van der Waals surface area contributed by atoms with Crippen molar-refractivity contribution in [3.05, 3.63) is 0 Å². The fraction of sp³-hybridized carbons (Fsp3) is 1.00. The van der Waals surface area contributed by atoms with Crippen LogP contribution in [0.3, 0.4) is 0 Å². The van der Waals surface area contributed by atoms with Gasteiger partial charge in [0.15, 0.2) is 0 Å². The molecule has 0 aromatic carbocycles. The summed E-state index contributed by atoms with van der Waals surface area (Å²) in [5.41, 5.74) is 5.29. The monoisotopic (exact) mass is 253 g/mol. The standard InChI is InChI=1S/C11H22F3N3/c1-16(2)9-4-3-7-17(8-9)10(5-6-15)11(12,13)14/h9-10H,3-8,15H2,1-2H3. The van der Waals surface area contributed by atoms with Crippen LogP contribution in [-0.4, -0.2) is 61.8 Å². The van der Waals surface area contributed by atoms with Crippen LogP contribution in [0.1, 0.15) is 19.3 Å². The van der Waals surface area contributed by atoms with E-state index in [2.05, 4.69) is 0 Å². The number of alkyl halides is 3. The number of likely N-dealkylation sites (N-methyl/N-ethyl adjacent to an activating group) is 1. The maximum absolute atomic E-state index is 12.9. The first-order valence-corrected chi connectivity index (χ1v) is 6.03. The molecule has 1 saturated heterocycles. The summed E-state index contributed by atoms with van der Waals surface area (Å²) in [5, 5.41) is 0. The van der Waals surface area contributed by atoms with E-state index in [0.29, 0.717) is 13.1 Å². The third-order valence-corrected chi connectivity index (χ3v) is 3.42. The molecule has 1 heterocycles. The third kappa shape index (κ3) is 4.12. The maximum Gasteiger partial charge on any atom is 0.404 e. The van der Waals surface area contributed by atoms with Gasteiger partial charge < -0.3 is 10.6 Å². The van der Waals surface area contributed by atoms with E-state index >= 15 is 0 Å². The van der Waals surface area contributed by atoms with E-state index < -0.39 is 12.2 Å². The Kier molecular flexibility index (Phi) is 5.22. The fourth-order valence-electron chi connectivity index (χ4n) is 2.40. The Morgan fingerprint density at radius 2 is 2.06 bits per heavy atom. The van der Waals surface area contributed by atoms with Crippen molar-refractivity contribution in [2.45, 2.75) is 37.5 Å². The summed E-state index contributed by atoms with van der Waals surface area (Å²) < 4.78 is 38.7. The minimum Gasteiger partial charge on any atom is -0.330 e. The number of piperidine rings is 1. The summed E-state index contributed by atoms with van der Waals surface area (Å²) in [6.45, 7) is 1.08. The van der Waals surface area contributed by atoms with Crippen molar-refractivity contribution >= 4 is 0 Å². The zero-order valence-electron chi connectivity index (χ0n) is 10.5. The van der Waals surface area contributed by atoms with Crippen molar-refractivity contribution in [2.75, 3.05) is 33.7 Å². The second-order valence-corrected chi connectivity index (χ2v) is 4.89. The Bertz CT molecular complexity index is 230. The Morgan fingerprint density at radius 1 is 1.41 bits per heavy atom. The highest BCUT2D eigenvalue weighted by atomic mass is 19.4. The molecule has 102 valence electrons. The Balaban J connectivity index is 2.67. The van der Waals surface area contributed by atoms with Crippen molar-refractivity contribution in [2.24, 2.45) is 5.73 Å². The van der Waals surface area contributed by atoms with Crippen LogP contribution in [0.25, 0.3) is 0 Å². The number of nitrogens with zero attached hydrogens (tertiary/aromatic N) is 2. The maximum atomic E-state index is 12.9. The smallest absolute Gasteiger partial charge is 0.330 e. The van der Waals surface area contributed by atoms with Crippen molar-refractivity contribution < 1.29 is 13.2 Å².